The number of benzene rings is 2. The van der Waals surface area contributed by atoms with Crippen molar-refractivity contribution in [2.45, 2.75) is 22.6 Å². The summed E-state index contributed by atoms with van der Waals surface area (Å²) in [4.78, 5) is 10.1. The first-order valence-electron chi connectivity index (χ1n) is 6.96. The van der Waals surface area contributed by atoms with E-state index in [1.807, 2.05) is 0 Å². The maximum atomic E-state index is 13.0. The molecular weight excluding hydrogens is 340 g/mol. The van der Waals surface area contributed by atoms with Crippen molar-refractivity contribution in [1.82, 2.24) is 0 Å². The normalized spacial score (nSPS) is 14.0. The lowest BCUT2D eigenvalue weighted by atomic mass is 10.0. The van der Waals surface area contributed by atoms with Crippen molar-refractivity contribution in [2.24, 2.45) is 0 Å². The van der Waals surface area contributed by atoms with E-state index in [1.165, 1.54) is 30.3 Å². The summed E-state index contributed by atoms with van der Waals surface area (Å²) >= 11 is 6.05. The third kappa shape index (κ3) is 2.77. The Morgan fingerprint density at radius 1 is 1.17 bits per heavy atom. The molecule has 23 heavy (non-hydrogen) atoms. The molecule has 0 fully saturated rings. The quantitative estimate of drug-likeness (QED) is 0.675. The summed E-state index contributed by atoms with van der Waals surface area (Å²) in [6.45, 7) is 0.647. The highest BCUT2D eigenvalue weighted by Crippen LogP contribution is 2.38. The second-order valence-electron chi connectivity index (χ2n) is 5.20. The number of fused-ring (bicyclic) bond motifs is 1. The SMILES string of the molecule is O=[N+]([O-])c1ccccc1S(=O)(=O)c1cc(Cl)cc2c1NCCC2. The fourth-order valence-corrected chi connectivity index (χ4v) is 4.66. The van der Waals surface area contributed by atoms with Crippen LogP contribution in [0.5, 0.6) is 0 Å². The smallest absolute Gasteiger partial charge is 0.288 e. The number of rotatable bonds is 3. The van der Waals surface area contributed by atoms with Gasteiger partial charge < -0.3 is 5.32 Å². The van der Waals surface area contributed by atoms with Crippen LogP contribution >= 0.6 is 11.6 Å². The first-order chi connectivity index (χ1) is 10.9. The number of sulfone groups is 1. The molecule has 6 nitrogen and oxygen atoms in total. The van der Waals surface area contributed by atoms with E-state index in [-0.39, 0.29) is 9.79 Å². The van der Waals surface area contributed by atoms with Crippen LogP contribution in [0.4, 0.5) is 11.4 Å². The fraction of sp³-hybridized carbons (Fsp3) is 0.200. The highest BCUT2D eigenvalue weighted by atomic mass is 35.5. The van der Waals surface area contributed by atoms with E-state index in [9.17, 15) is 18.5 Å². The molecule has 1 N–H and O–H groups in total. The Morgan fingerprint density at radius 2 is 1.91 bits per heavy atom. The van der Waals surface area contributed by atoms with Gasteiger partial charge in [0.25, 0.3) is 5.69 Å². The number of hydrogen-bond donors (Lipinski definition) is 1. The number of anilines is 1. The van der Waals surface area contributed by atoms with Crippen LogP contribution in [0.1, 0.15) is 12.0 Å². The molecular formula is C15H13ClN2O4S. The largest absolute Gasteiger partial charge is 0.384 e. The maximum Gasteiger partial charge on any atom is 0.288 e. The first kappa shape index (κ1) is 15.8. The summed E-state index contributed by atoms with van der Waals surface area (Å²) in [5, 5.41) is 14.5. The van der Waals surface area contributed by atoms with Gasteiger partial charge in [-0.1, -0.05) is 23.7 Å². The van der Waals surface area contributed by atoms with Gasteiger partial charge in [0.1, 0.15) is 4.90 Å². The average Bonchev–Trinajstić information content (AvgIpc) is 2.54. The van der Waals surface area contributed by atoms with Gasteiger partial charge in [-0.05, 0) is 36.6 Å². The minimum absolute atomic E-state index is 0.0194. The number of nitrogens with one attached hydrogen (secondary N) is 1. The first-order valence-corrected chi connectivity index (χ1v) is 8.82. The molecule has 8 heteroatoms. The summed E-state index contributed by atoms with van der Waals surface area (Å²) < 4.78 is 26.0. The van der Waals surface area contributed by atoms with Crippen LogP contribution in [0.2, 0.25) is 5.02 Å². The number of nitrogens with zero attached hydrogens (tertiary/aromatic N) is 1. The second-order valence-corrected chi connectivity index (χ2v) is 7.52. The van der Waals surface area contributed by atoms with Gasteiger partial charge in [-0.3, -0.25) is 10.1 Å². The molecule has 1 aliphatic rings. The number of nitro benzene ring substituents is 1. The molecule has 0 atom stereocenters. The van der Waals surface area contributed by atoms with Gasteiger partial charge in [0.15, 0.2) is 0 Å². The zero-order valence-electron chi connectivity index (χ0n) is 12.0. The van der Waals surface area contributed by atoms with Crippen LogP contribution in [-0.2, 0) is 16.3 Å². The molecule has 0 aromatic heterocycles. The summed E-state index contributed by atoms with van der Waals surface area (Å²) in [6, 6.07) is 8.38. The van der Waals surface area contributed by atoms with Gasteiger partial charge in [-0.25, -0.2) is 8.42 Å². The zero-order chi connectivity index (χ0) is 16.6. The van der Waals surface area contributed by atoms with Crippen LogP contribution in [0.25, 0.3) is 0 Å². The van der Waals surface area contributed by atoms with Crippen LogP contribution < -0.4 is 5.32 Å². The molecule has 2 aromatic rings. The molecule has 120 valence electrons. The number of aryl methyl sites for hydroxylation is 1. The Kier molecular flexibility index (Phi) is 3.99. The summed E-state index contributed by atoms with van der Waals surface area (Å²) in [5.41, 5.74) is 0.844. The van der Waals surface area contributed by atoms with Crippen LogP contribution in [0.3, 0.4) is 0 Å². The highest BCUT2D eigenvalue weighted by Gasteiger charge is 2.31. The monoisotopic (exact) mass is 352 g/mol. The van der Waals surface area contributed by atoms with Gasteiger partial charge in [-0.2, -0.15) is 0 Å². The number of para-hydroxylation sites is 1. The number of nitro groups is 1. The van der Waals surface area contributed by atoms with Gasteiger partial charge in [-0.15, -0.1) is 0 Å². The molecule has 0 aliphatic carbocycles. The number of halogens is 1. The lowest BCUT2D eigenvalue weighted by molar-refractivity contribution is -0.387. The van der Waals surface area contributed by atoms with E-state index in [1.54, 1.807) is 6.07 Å². The Morgan fingerprint density at radius 3 is 2.65 bits per heavy atom. The molecule has 1 aliphatic heterocycles. The molecule has 0 radical (unpaired) electrons. The molecule has 2 aromatic carbocycles. The van der Waals surface area contributed by atoms with Crippen molar-refractivity contribution in [3.05, 3.63) is 57.1 Å². The Labute approximate surface area is 138 Å². The molecule has 0 unspecified atom stereocenters. The topological polar surface area (TPSA) is 89.3 Å². The van der Waals surface area contributed by atoms with E-state index in [2.05, 4.69) is 5.32 Å². The van der Waals surface area contributed by atoms with Crippen molar-refractivity contribution in [3.63, 3.8) is 0 Å². The van der Waals surface area contributed by atoms with Gasteiger partial charge >= 0.3 is 0 Å². The number of hydrogen-bond acceptors (Lipinski definition) is 5. The molecule has 3 rings (SSSR count). The van der Waals surface area contributed by atoms with Crippen LogP contribution in [0, 0.1) is 10.1 Å². The minimum atomic E-state index is -4.07. The van der Waals surface area contributed by atoms with Crippen LogP contribution in [0.15, 0.2) is 46.2 Å². The third-order valence-electron chi connectivity index (χ3n) is 3.71. The Hall–Kier alpha value is -2.12. The van der Waals surface area contributed by atoms with Gasteiger partial charge in [0.05, 0.1) is 15.5 Å². The lowest BCUT2D eigenvalue weighted by Crippen LogP contribution is -2.16. The zero-order valence-corrected chi connectivity index (χ0v) is 13.5. The second kappa shape index (κ2) is 5.82. The summed E-state index contributed by atoms with van der Waals surface area (Å²) in [5.74, 6) is 0. The minimum Gasteiger partial charge on any atom is -0.384 e. The molecule has 0 saturated carbocycles. The molecule has 1 heterocycles. The predicted octanol–water partition coefficient (Wildman–Crippen LogP) is 3.44. The summed E-state index contributed by atoms with van der Waals surface area (Å²) in [7, 11) is -4.07. The molecule has 0 saturated heterocycles. The van der Waals surface area contributed by atoms with E-state index in [0.717, 1.165) is 12.0 Å². The maximum absolute atomic E-state index is 13.0. The van der Waals surface area contributed by atoms with E-state index in [4.69, 9.17) is 11.6 Å². The highest BCUT2D eigenvalue weighted by molar-refractivity contribution is 7.91. The fourth-order valence-electron chi connectivity index (χ4n) is 2.69. The van der Waals surface area contributed by atoms with Crippen molar-refractivity contribution < 1.29 is 13.3 Å². The van der Waals surface area contributed by atoms with Crippen molar-refractivity contribution in [2.75, 3.05) is 11.9 Å². The van der Waals surface area contributed by atoms with Gasteiger partial charge in [0.2, 0.25) is 9.84 Å². The van der Waals surface area contributed by atoms with Gasteiger partial charge in [0, 0.05) is 17.6 Å². The Bertz CT molecular complexity index is 896. The third-order valence-corrected chi connectivity index (χ3v) is 5.76. The van der Waals surface area contributed by atoms with E-state index < -0.39 is 20.4 Å². The standard InChI is InChI=1S/C15H13ClN2O4S/c16-11-8-10-4-3-7-17-15(10)14(9-11)23(21,22)13-6-2-1-5-12(13)18(19)20/h1-2,5-6,8-9,17H,3-4,7H2. The average molecular weight is 353 g/mol. The molecule has 0 bridgehead atoms. The van der Waals surface area contributed by atoms with Crippen molar-refractivity contribution in [3.8, 4) is 0 Å². The molecule has 0 amide bonds. The van der Waals surface area contributed by atoms with E-state index in [0.29, 0.717) is 23.7 Å². The molecule has 0 spiro atoms. The van der Waals surface area contributed by atoms with Crippen molar-refractivity contribution in [1.29, 1.82) is 0 Å². The van der Waals surface area contributed by atoms with E-state index >= 15 is 0 Å². The predicted molar refractivity (Wildman–Crippen MR) is 86.8 cm³/mol. The Balaban J connectivity index is 2.26. The summed E-state index contributed by atoms with van der Waals surface area (Å²) in [6.07, 6.45) is 1.58. The lowest BCUT2D eigenvalue weighted by Gasteiger charge is -2.21. The van der Waals surface area contributed by atoms with Crippen molar-refractivity contribution >= 4 is 32.8 Å². The van der Waals surface area contributed by atoms with Crippen LogP contribution in [-0.4, -0.2) is 19.9 Å².